The molecule has 0 amide bonds. The zero-order chi connectivity index (χ0) is 72.5. The van der Waals surface area contributed by atoms with Crippen molar-refractivity contribution < 1.29 is 117 Å². The van der Waals surface area contributed by atoms with E-state index in [0.717, 1.165) is 96.0 Å². The molecule has 0 aromatic rings. The molecule has 3 aliphatic rings. The van der Waals surface area contributed by atoms with E-state index >= 15 is 0 Å². The summed E-state index contributed by atoms with van der Waals surface area (Å²) in [5.41, 5.74) is 0. The van der Waals surface area contributed by atoms with Gasteiger partial charge in [0.05, 0.1) is 13.2 Å². The molecular weight excluding hydrogens is 1300 g/mol. The minimum absolute atomic E-state index is 0.0285. The fraction of sp³-hybridized carbons (Fsp3) is 0.905. The predicted molar refractivity (Wildman–Crippen MR) is 374 cm³/mol. The quantitative estimate of drug-likeness (QED) is 0.00673. The molecule has 18 unspecified atom stereocenters. The Labute approximate surface area is 592 Å². The van der Waals surface area contributed by atoms with Crippen LogP contribution in [0.4, 0.5) is 0 Å². The van der Waals surface area contributed by atoms with Gasteiger partial charge < -0.3 is 89.1 Å². The van der Waals surface area contributed by atoms with Gasteiger partial charge in [-0.3, -0.25) is 18.6 Å². The number of carbonyl (C=O) groups excluding carboxylic acids is 3. The van der Waals surface area contributed by atoms with Crippen molar-refractivity contribution in [1.82, 2.24) is 0 Å². The number of phosphoric ester groups is 1. The third-order valence-electron chi connectivity index (χ3n) is 19.1. The first-order valence-corrected chi connectivity index (χ1v) is 40.2. The molecule has 99 heavy (non-hydrogen) atoms. The van der Waals surface area contributed by atoms with Gasteiger partial charge in [-0.05, 0) is 25.7 Å². The Balaban J connectivity index is 1.74. The highest BCUT2D eigenvalue weighted by molar-refractivity contribution is 7.47. The minimum Gasteiger partial charge on any atom is -0.463 e. The fourth-order valence-corrected chi connectivity index (χ4v) is 13.7. The number of esters is 3. The third-order valence-corrected chi connectivity index (χ3v) is 20.1. The number of hydrogen-bond donors (Lipinski definition) is 11. The van der Waals surface area contributed by atoms with Crippen LogP contribution >= 0.6 is 7.82 Å². The van der Waals surface area contributed by atoms with Gasteiger partial charge in [-0.1, -0.05) is 277 Å². The second kappa shape index (κ2) is 55.9. The minimum atomic E-state index is -5.72. The highest BCUT2D eigenvalue weighted by atomic mass is 31.2. The number of rotatable bonds is 60. The summed E-state index contributed by atoms with van der Waals surface area (Å²) in [5, 5.41) is 110. The average molecular weight is 1440 g/mol. The number of allylic oxidation sites excluding steroid dienone is 3. The van der Waals surface area contributed by atoms with Crippen LogP contribution in [0.5, 0.6) is 0 Å². The lowest BCUT2D eigenvalue weighted by atomic mass is 9.84. The van der Waals surface area contributed by atoms with Crippen molar-refractivity contribution in [2.24, 2.45) is 0 Å². The SMILES string of the molecule is CCCCCCCCCCCCC/C=C/C=C/C(=O)OC(COC(=O)CCCCCCCCCCCCCCCCC)COP(=O)(O)OC1C(OC2OC(CO)C(O)C(O)C2O)C(O)C(O)C(O)C1OC1OC(COC(=O)CCCCCCCCCCCCCCCC)C(O)C(O)C1O. The molecule has 0 bridgehead atoms. The Morgan fingerprint density at radius 3 is 1.17 bits per heavy atom. The van der Waals surface area contributed by atoms with Gasteiger partial charge in [0, 0.05) is 18.9 Å². The maximum Gasteiger partial charge on any atom is 0.472 e. The molecule has 2 saturated heterocycles. The summed E-state index contributed by atoms with van der Waals surface area (Å²) in [7, 11) is -5.72. The second-order valence-electron chi connectivity index (χ2n) is 27.8. The summed E-state index contributed by atoms with van der Waals surface area (Å²) in [6.45, 7) is 3.36. The largest absolute Gasteiger partial charge is 0.472 e. The molecule has 1 saturated carbocycles. The van der Waals surface area contributed by atoms with Crippen LogP contribution in [-0.2, 0) is 61.2 Å². The van der Waals surface area contributed by atoms with E-state index in [1.54, 1.807) is 6.08 Å². The molecule has 18 atom stereocenters. The lowest BCUT2D eigenvalue weighted by molar-refractivity contribution is -0.360. The molecule has 0 radical (unpaired) electrons. The molecule has 0 aromatic heterocycles. The zero-order valence-corrected chi connectivity index (χ0v) is 61.4. The van der Waals surface area contributed by atoms with Crippen LogP contribution in [0.25, 0.3) is 0 Å². The maximum absolute atomic E-state index is 14.3. The Morgan fingerprint density at radius 2 is 0.768 bits per heavy atom. The van der Waals surface area contributed by atoms with Gasteiger partial charge in [0.15, 0.2) is 18.7 Å². The van der Waals surface area contributed by atoms with E-state index in [-0.39, 0.29) is 12.8 Å². The Kier molecular flexibility index (Phi) is 51.2. The molecule has 580 valence electrons. The normalized spacial score (nSPS) is 27.6. The number of unbranched alkanes of at least 4 members (excludes halogenated alkanes) is 38. The predicted octanol–water partition coefficient (Wildman–Crippen LogP) is 10.9. The lowest BCUT2D eigenvalue weighted by Crippen LogP contribution is -2.69. The highest BCUT2D eigenvalue weighted by Gasteiger charge is 2.58. The van der Waals surface area contributed by atoms with E-state index in [2.05, 4.69) is 20.8 Å². The molecule has 2 aliphatic heterocycles. The Bertz CT molecular complexity index is 2140. The van der Waals surface area contributed by atoms with Gasteiger partial charge in [0.25, 0.3) is 0 Å². The number of phosphoric acid groups is 1. The Hall–Kier alpha value is -2.56. The van der Waals surface area contributed by atoms with Crippen molar-refractivity contribution in [2.45, 2.75) is 401 Å². The van der Waals surface area contributed by atoms with E-state index in [4.69, 9.17) is 42.2 Å². The van der Waals surface area contributed by atoms with E-state index < -0.39 is 156 Å². The van der Waals surface area contributed by atoms with Crippen molar-refractivity contribution in [3.8, 4) is 0 Å². The molecule has 1 aliphatic carbocycles. The van der Waals surface area contributed by atoms with E-state index in [1.165, 1.54) is 167 Å². The average Bonchev–Trinajstić information content (AvgIpc) is 0.765. The zero-order valence-electron chi connectivity index (χ0n) is 60.5. The molecule has 25 heteroatoms. The number of aliphatic hydroxyl groups excluding tert-OH is 10. The molecule has 0 aromatic carbocycles. The van der Waals surface area contributed by atoms with Crippen LogP contribution in [0.2, 0.25) is 0 Å². The van der Waals surface area contributed by atoms with E-state index in [0.29, 0.717) is 12.8 Å². The van der Waals surface area contributed by atoms with Crippen LogP contribution in [0.15, 0.2) is 24.3 Å². The fourth-order valence-electron chi connectivity index (χ4n) is 12.8. The standard InChI is InChI=1S/C74H135O24P/c1-4-7-10-13-16-19-22-25-28-31-34-36-39-42-45-48-58(76)90-52-55(93-60(78)50-47-44-41-38-35-32-29-26-23-20-17-14-11-8-5-2)53-92-99(88,89)98-72-70(96-73-68(86)63(81)61(79)56(51-75)94-73)66(84)65(83)67(85)71(72)97-74-69(87)64(82)62(80)57(95-74)54-91-59(77)49-46-43-40-37-33-30-27-24-21-18-15-12-9-6-3/h41,44,47,50,55-57,61-75,79-87H,4-40,42-43,45-46,48-49,51-54H2,1-3H3,(H,88,89)/b44-41+,50-47+. The van der Waals surface area contributed by atoms with Gasteiger partial charge in [0.1, 0.15) is 98.7 Å². The molecule has 24 nitrogen and oxygen atoms in total. The highest BCUT2D eigenvalue weighted by Crippen LogP contribution is 2.49. The maximum atomic E-state index is 14.3. The van der Waals surface area contributed by atoms with Crippen molar-refractivity contribution >= 4 is 25.7 Å². The molecular formula is C74H135O24P. The number of carbonyl (C=O) groups is 3. The van der Waals surface area contributed by atoms with Gasteiger partial charge in [-0.15, -0.1) is 0 Å². The number of hydrogen-bond acceptors (Lipinski definition) is 23. The van der Waals surface area contributed by atoms with Crippen molar-refractivity contribution in [3.63, 3.8) is 0 Å². The van der Waals surface area contributed by atoms with Gasteiger partial charge in [-0.25, -0.2) is 9.36 Å². The smallest absolute Gasteiger partial charge is 0.463 e. The van der Waals surface area contributed by atoms with Crippen LogP contribution in [0.3, 0.4) is 0 Å². The van der Waals surface area contributed by atoms with Crippen molar-refractivity contribution in [1.29, 1.82) is 0 Å². The van der Waals surface area contributed by atoms with Crippen molar-refractivity contribution in [2.75, 3.05) is 26.4 Å². The molecule has 0 spiro atoms. The number of aliphatic hydroxyl groups is 10. The third kappa shape index (κ3) is 38.9. The summed E-state index contributed by atoms with van der Waals surface area (Å²) < 4.78 is 64.8. The summed E-state index contributed by atoms with van der Waals surface area (Å²) in [5.74, 6) is -2.24. The first kappa shape index (κ1) is 90.7. The first-order valence-electron chi connectivity index (χ1n) is 38.7. The van der Waals surface area contributed by atoms with Crippen LogP contribution < -0.4 is 0 Å². The molecule has 3 rings (SSSR count). The van der Waals surface area contributed by atoms with Crippen LogP contribution in [0.1, 0.15) is 297 Å². The second-order valence-corrected chi connectivity index (χ2v) is 29.2. The summed E-state index contributed by atoms with van der Waals surface area (Å²) in [4.78, 5) is 50.9. The summed E-state index contributed by atoms with van der Waals surface area (Å²) >= 11 is 0. The summed E-state index contributed by atoms with van der Waals surface area (Å²) in [6, 6.07) is 0. The van der Waals surface area contributed by atoms with E-state index in [9.17, 15) is 74.9 Å². The topological polar surface area (TPSA) is 374 Å². The Morgan fingerprint density at radius 1 is 0.414 bits per heavy atom. The molecule has 2 heterocycles. The van der Waals surface area contributed by atoms with E-state index in [1.807, 2.05) is 6.08 Å². The molecule has 11 N–H and O–H groups in total. The lowest BCUT2D eigenvalue weighted by Gasteiger charge is -2.49. The van der Waals surface area contributed by atoms with Crippen LogP contribution in [0, 0.1) is 0 Å². The monoisotopic (exact) mass is 1440 g/mol. The summed E-state index contributed by atoms with van der Waals surface area (Å²) in [6.07, 6.45) is 17.3. The molecule has 3 fully saturated rings. The van der Waals surface area contributed by atoms with Gasteiger partial charge in [-0.2, -0.15) is 0 Å². The van der Waals surface area contributed by atoms with Crippen LogP contribution in [-0.4, -0.2) is 204 Å². The van der Waals surface area contributed by atoms with Gasteiger partial charge in [0.2, 0.25) is 0 Å². The first-order chi connectivity index (χ1) is 47.8. The van der Waals surface area contributed by atoms with Crippen molar-refractivity contribution in [3.05, 3.63) is 24.3 Å². The number of ether oxygens (including phenoxy) is 7. The van der Waals surface area contributed by atoms with Gasteiger partial charge >= 0.3 is 25.7 Å².